The minimum absolute atomic E-state index is 0.329. The van der Waals surface area contributed by atoms with Gasteiger partial charge in [-0.25, -0.2) is 9.97 Å². The molecule has 0 radical (unpaired) electrons. The molecule has 0 bridgehead atoms. The average molecular weight is 419 g/mol. The maximum absolute atomic E-state index is 6.79. The number of nitrogens with zero attached hydrogens (tertiary/aromatic N) is 4. The number of imidazole rings is 1. The van der Waals surface area contributed by atoms with Crippen LogP contribution in [0.4, 0.5) is 0 Å². The Morgan fingerprint density at radius 1 is 1.10 bits per heavy atom. The summed E-state index contributed by atoms with van der Waals surface area (Å²) in [6, 6.07) is 12.4. The molecule has 2 aromatic heterocycles. The molecule has 162 valence electrons. The van der Waals surface area contributed by atoms with Crippen LogP contribution in [0.25, 0.3) is 11.3 Å². The molecule has 3 aromatic rings. The summed E-state index contributed by atoms with van der Waals surface area (Å²) < 4.78 is 14.6. The molecule has 4 heterocycles. The molecule has 0 N–H and O–H groups in total. The molecule has 2 aliphatic heterocycles. The van der Waals surface area contributed by atoms with Crippen molar-refractivity contribution in [2.75, 3.05) is 20.2 Å². The van der Waals surface area contributed by atoms with Crippen molar-refractivity contribution in [3.8, 4) is 22.9 Å². The lowest BCUT2D eigenvalue weighted by Gasteiger charge is -2.45. The van der Waals surface area contributed by atoms with Gasteiger partial charge in [0.05, 0.1) is 24.8 Å². The zero-order valence-corrected chi connectivity index (χ0v) is 18.5. The predicted molar refractivity (Wildman–Crippen MR) is 120 cm³/mol. The molecule has 1 saturated heterocycles. The van der Waals surface area contributed by atoms with Crippen molar-refractivity contribution < 1.29 is 9.47 Å². The smallest absolute Gasteiger partial charge is 0.217 e. The van der Waals surface area contributed by atoms with E-state index in [9.17, 15) is 0 Å². The highest BCUT2D eigenvalue weighted by Crippen LogP contribution is 2.49. The Morgan fingerprint density at radius 2 is 1.90 bits per heavy atom. The van der Waals surface area contributed by atoms with Crippen LogP contribution in [0.2, 0.25) is 0 Å². The maximum atomic E-state index is 6.79. The van der Waals surface area contributed by atoms with Crippen molar-refractivity contribution in [3.63, 3.8) is 0 Å². The standard InChI is InChI=1S/C25H30N4O2/c1-18(2)15-29-17-27-22-20-8-4-5-9-21(20)31-25(23(22)29)10-13-28(14-11-25)16-19-7-6-12-26-24(19)30-3/h4-9,12,17-18H,10-11,13-16H2,1-3H3. The predicted octanol–water partition coefficient (Wildman–Crippen LogP) is 4.49. The summed E-state index contributed by atoms with van der Waals surface area (Å²) in [6.45, 7) is 8.19. The quantitative estimate of drug-likeness (QED) is 0.611. The molecule has 1 spiro atoms. The Hall–Kier alpha value is -2.86. The number of rotatable bonds is 5. The van der Waals surface area contributed by atoms with Gasteiger partial charge in [-0.3, -0.25) is 4.90 Å². The summed E-state index contributed by atoms with van der Waals surface area (Å²) in [5.74, 6) is 2.21. The number of hydrogen-bond donors (Lipinski definition) is 0. The number of aromatic nitrogens is 3. The van der Waals surface area contributed by atoms with Crippen molar-refractivity contribution in [3.05, 3.63) is 60.2 Å². The number of methoxy groups -OCH3 is 1. The van der Waals surface area contributed by atoms with Crippen LogP contribution in [0.5, 0.6) is 11.6 Å². The summed E-state index contributed by atoms with van der Waals surface area (Å²) in [5, 5.41) is 0. The van der Waals surface area contributed by atoms with Crippen LogP contribution in [0, 0.1) is 5.92 Å². The second-order valence-electron chi connectivity index (χ2n) is 9.03. The van der Waals surface area contributed by atoms with E-state index in [1.807, 2.05) is 18.5 Å². The van der Waals surface area contributed by atoms with Crippen molar-refractivity contribution >= 4 is 0 Å². The first-order valence-electron chi connectivity index (χ1n) is 11.1. The monoisotopic (exact) mass is 418 g/mol. The minimum atomic E-state index is -0.329. The van der Waals surface area contributed by atoms with Crippen molar-refractivity contribution in [1.29, 1.82) is 0 Å². The van der Waals surface area contributed by atoms with Crippen LogP contribution < -0.4 is 9.47 Å². The number of likely N-dealkylation sites (tertiary alicyclic amines) is 1. The van der Waals surface area contributed by atoms with Crippen molar-refractivity contribution in [1.82, 2.24) is 19.4 Å². The van der Waals surface area contributed by atoms with Crippen LogP contribution >= 0.6 is 0 Å². The molecule has 2 aliphatic rings. The molecule has 31 heavy (non-hydrogen) atoms. The maximum Gasteiger partial charge on any atom is 0.217 e. The van der Waals surface area contributed by atoms with E-state index in [4.69, 9.17) is 14.5 Å². The summed E-state index contributed by atoms with van der Waals surface area (Å²) in [4.78, 5) is 11.7. The lowest BCUT2D eigenvalue weighted by molar-refractivity contribution is -0.0134. The molecule has 0 amide bonds. The Bertz CT molecular complexity index is 1070. The highest BCUT2D eigenvalue weighted by molar-refractivity contribution is 5.72. The number of piperidine rings is 1. The fraction of sp³-hybridized carbons (Fsp3) is 0.440. The van der Waals surface area contributed by atoms with E-state index in [2.05, 4.69) is 52.6 Å². The summed E-state index contributed by atoms with van der Waals surface area (Å²) in [7, 11) is 1.68. The SMILES string of the molecule is COc1ncccc1CN1CCC2(CC1)Oc1ccccc1-c1ncn(CC(C)C)c12. The van der Waals surface area contributed by atoms with Crippen LogP contribution in [0.3, 0.4) is 0 Å². The Labute approximate surface area is 183 Å². The number of hydrogen-bond acceptors (Lipinski definition) is 5. The third-order valence-electron chi connectivity index (χ3n) is 6.38. The largest absolute Gasteiger partial charge is 0.481 e. The van der Waals surface area contributed by atoms with Gasteiger partial charge in [0.2, 0.25) is 5.88 Å². The fourth-order valence-corrected chi connectivity index (χ4v) is 4.98. The van der Waals surface area contributed by atoms with Gasteiger partial charge < -0.3 is 14.0 Å². The van der Waals surface area contributed by atoms with Crippen LogP contribution in [-0.2, 0) is 18.7 Å². The summed E-state index contributed by atoms with van der Waals surface area (Å²) in [6.07, 6.45) is 5.64. The number of ether oxygens (including phenoxy) is 2. The molecule has 0 atom stereocenters. The second-order valence-corrected chi connectivity index (χ2v) is 9.03. The first kappa shape index (κ1) is 20.1. The lowest BCUT2D eigenvalue weighted by Crippen LogP contribution is -2.48. The van der Waals surface area contributed by atoms with E-state index in [1.165, 1.54) is 5.69 Å². The molecule has 5 rings (SSSR count). The Morgan fingerprint density at radius 3 is 2.68 bits per heavy atom. The van der Waals surface area contributed by atoms with Crippen LogP contribution in [-0.4, -0.2) is 39.6 Å². The fourth-order valence-electron chi connectivity index (χ4n) is 4.98. The molecular formula is C25H30N4O2. The van der Waals surface area contributed by atoms with Crippen LogP contribution in [0.15, 0.2) is 48.9 Å². The van der Waals surface area contributed by atoms with Gasteiger partial charge in [0.1, 0.15) is 5.75 Å². The molecule has 0 aliphatic carbocycles. The highest BCUT2D eigenvalue weighted by Gasteiger charge is 2.46. The number of benzene rings is 1. The first-order chi connectivity index (χ1) is 15.1. The molecule has 1 fully saturated rings. The van der Waals surface area contributed by atoms with Gasteiger partial charge in [0.25, 0.3) is 0 Å². The van der Waals surface area contributed by atoms with E-state index in [1.54, 1.807) is 13.3 Å². The molecule has 6 heteroatoms. The van der Waals surface area contributed by atoms with Crippen LogP contribution in [0.1, 0.15) is 37.9 Å². The molecule has 0 unspecified atom stereocenters. The topological polar surface area (TPSA) is 52.4 Å². The van der Waals surface area contributed by atoms with E-state index < -0.39 is 0 Å². The van der Waals surface area contributed by atoms with E-state index in [-0.39, 0.29) is 5.60 Å². The van der Waals surface area contributed by atoms with Gasteiger partial charge in [-0.2, -0.15) is 0 Å². The van der Waals surface area contributed by atoms with Gasteiger partial charge in [-0.1, -0.05) is 32.0 Å². The number of para-hydroxylation sites is 1. The molecular weight excluding hydrogens is 388 g/mol. The third kappa shape index (κ3) is 3.59. The normalized spacial score (nSPS) is 17.3. The minimum Gasteiger partial charge on any atom is -0.481 e. The van der Waals surface area contributed by atoms with Gasteiger partial charge >= 0.3 is 0 Å². The average Bonchev–Trinajstić information content (AvgIpc) is 3.20. The molecule has 0 saturated carbocycles. The van der Waals surface area contributed by atoms with E-state index in [0.717, 1.165) is 61.6 Å². The Kier molecular flexibility index (Phi) is 5.18. The number of pyridine rings is 1. The first-order valence-corrected chi connectivity index (χ1v) is 11.1. The van der Waals surface area contributed by atoms with Crippen molar-refractivity contribution in [2.45, 2.75) is 45.4 Å². The second kappa shape index (κ2) is 8.00. The van der Waals surface area contributed by atoms with Crippen molar-refractivity contribution in [2.24, 2.45) is 5.92 Å². The lowest BCUT2D eigenvalue weighted by atomic mass is 9.83. The van der Waals surface area contributed by atoms with Gasteiger partial charge in [0, 0.05) is 56.3 Å². The van der Waals surface area contributed by atoms with Gasteiger partial charge in [-0.15, -0.1) is 0 Å². The summed E-state index contributed by atoms with van der Waals surface area (Å²) >= 11 is 0. The number of fused-ring (bicyclic) bond motifs is 4. The zero-order valence-electron chi connectivity index (χ0n) is 18.5. The van der Waals surface area contributed by atoms with Gasteiger partial charge in [-0.05, 0) is 24.1 Å². The zero-order chi connectivity index (χ0) is 21.4. The highest BCUT2D eigenvalue weighted by atomic mass is 16.5. The molecule has 1 aromatic carbocycles. The third-order valence-corrected chi connectivity index (χ3v) is 6.38. The summed E-state index contributed by atoms with van der Waals surface area (Å²) in [5.41, 5.74) is 4.24. The molecule has 6 nitrogen and oxygen atoms in total. The van der Waals surface area contributed by atoms with E-state index >= 15 is 0 Å². The van der Waals surface area contributed by atoms with Gasteiger partial charge in [0.15, 0.2) is 5.60 Å². The van der Waals surface area contributed by atoms with E-state index in [0.29, 0.717) is 11.8 Å². The Balaban J connectivity index is 1.44.